The fourth-order valence-corrected chi connectivity index (χ4v) is 1.11. The maximum Gasteiger partial charge on any atom is 0.251 e. The van der Waals surface area contributed by atoms with E-state index in [-0.39, 0.29) is 5.91 Å². The Kier molecular flexibility index (Phi) is 3.74. The molecule has 1 aromatic rings. The minimum Gasteiger partial charge on any atom is -0.487 e. The minimum absolute atomic E-state index is 0.169. The molecule has 1 rings (SSSR count). The van der Waals surface area contributed by atoms with Gasteiger partial charge in [0.2, 0.25) is 0 Å². The molecule has 1 aromatic carbocycles. The number of nitrogens with one attached hydrogen (secondary N) is 1. The number of benzene rings is 1. The number of carbonyl (C=O) groups is 1. The van der Waals surface area contributed by atoms with E-state index in [1.165, 1.54) is 0 Å². The average Bonchev–Trinajstić information content (AvgIpc) is 2.26. The third-order valence-electron chi connectivity index (χ3n) is 1.86. The van der Waals surface area contributed by atoms with Crippen LogP contribution in [0.25, 0.3) is 0 Å². The average molecular weight is 206 g/mol. The van der Waals surface area contributed by atoms with Gasteiger partial charge in [-0.1, -0.05) is 12.7 Å². The Morgan fingerprint density at radius 1 is 1.67 bits per heavy atom. The molecule has 0 saturated carbocycles. The first kappa shape index (κ1) is 11.1. The van der Waals surface area contributed by atoms with Crippen molar-refractivity contribution in [3.05, 3.63) is 36.4 Å². The van der Waals surface area contributed by atoms with Crippen LogP contribution in [0.5, 0.6) is 5.75 Å². The van der Waals surface area contributed by atoms with Crippen molar-refractivity contribution in [3.8, 4) is 5.75 Å². The van der Waals surface area contributed by atoms with E-state index in [1.807, 2.05) is 0 Å². The quantitative estimate of drug-likeness (QED) is 0.574. The summed E-state index contributed by atoms with van der Waals surface area (Å²) in [5.74, 6) is 0.388. The molecule has 0 spiro atoms. The van der Waals surface area contributed by atoms with Gasteiger partial charge >= 0.3 is 0 Å². The number of nitrogens with two attached hydrogens (primary N) is 1. The van der Waals surface area contributed by atoms with Gasteiger partial charge < -0.3 is 15.8 Å². The molecule has 4 heteroatoms. The van der Waals surface area contributed by atoms with Crippen LogP contribution in [0.2, 0.25) is 0 Å². The van der Waals surface area contributed by atoms with Gasteiger partial charge in [0.25, 0.3) is 5.91 Å². The molecular weight excluding hydrogens is 192 g/mol. The Hall–Kier alpha value is -1.97. The van der Waals surface area contributed by atoms with Crippen molar-refractivity contribution in [1.29, 1.82) is 0 Å². The zero-order chi connectivity index (χ0) is 11.3. The van der Waals surface area contributed by atoms with Gasteiger partial charge in [0.05, 0.1) is 5.69 Å². The third-order valence-corrected chi connectivity index (χ3v) is 1.86. The van der Waals surface area contributed by atoms with E-state index in [0.29, 0.717) is 23.6 Å². The Bertz CT molecular complexity index is 375. The second-order valence-electron chi connectivity index (χ2n) is 2.93. The van der Waals surface area contributed by atoms with E-state index in [4.69, 9.17) is 10.5 Å². The minimum atomic E-state index is -0.169. The molecule has 0 saturated heterocycles. The largest absolute Gasteiger partial charge is 0.487 e. The van der Waals surface area contributed by atoms with Crippen LogP contribution in [0, 0.1) is 0 Å². The van der Waals surface area contributed by atoms with Crippen molar-refractivity contribution < 1.29 is 9.53 Å². The summed E-state index contributed by atoms with van der Waals surface area (Å²) in [5.41, 5.74) is 6.67. The highest BCUT2D eigenvalue weighted by Crippen LogP contribution is 2.22. The van der Waals surface area contributed by atoms with Gasteiger partial charge in [0.1, 0.15) is 12.4 Å². The molecule has 0 heterocycles. The first-order chi connectivity index (χ1) is 7.19. The van der Waals surface area contributed by atoms with Crippen LogP contribution in [0.3, 0.4) is 0 Å². The zero-order valence-electron chi connectivity index (χ0n) is 8.62. The monoisotopic (exact) mass is 206 g/mol. The van der Waals surface area contributed by atoms with Gasteiger partial charge in [-0.3, -0.25) is 4.79 Å². The standard InChI is InChI=1S/C11H14N2O2/c1-3-6-15-10-5-4-8(7-9(10)12)11(14)13-2/h3-5,7H,1,6,12H2,2H3,(H,13,14). The van der Waals surface area contributed by atoms with Crippen molar-refractivity contribution >= 4 is 11.6 Å². The SMILES string of the molecule is C=CCOc1ccc(C(=O)NC)cc1N. The highest BCUT2D eigenvalue weighted by molar-refractivity contribution is 5.95. The van der Waals surface area contributed by atoms with E-state index < -0.39 is 0 Å². The lowest BCUT2D eigenvalue weighted by Crippen LogP contribution is -2.17. The van der Waals surface area contributed by atoms with Crippen LogP contribution < -0.4 is 15.8 Å². The molecule has 4 nitrogen and oxygen atoms in total. The molecule has 0 bridgehead atoms. The zero-order valence-corrected chi connectivity index (χ0v) is 8.62. The summed E-state index contributed by atoms with van der Waals surface area (Å²) >= 11 is 0. The molecule has 80 valence electrons. The summed E-state index contributed by atoms with van der Waals surface area (Å²) in [7, 11) is 1.57. The van der Waals surface area contributed by atoms with Crippen molar-refractivity contribution in [2.24, 2.45) is 0 Å². The van der Waals surface area contributed by atoms with E-state index in [1.54, 1.807) is 31.3 Å². The lowest BCUT2D eigenvalue weighted by Gasteiger charge is -2.08. The Balaban J connectivity index is 2.87. The van der Waals surface area contributed by atoms with Gasteiger partial charge in [-0.2, -0.15) is 0 Å². The summed E-state index contributed by atoms with van der Waals surface area (Å²) in [6, 6.07) is 4.91. The van der Waals surface area contributed by atoms with Crippen LogP contribution in [0.4, 0.5) is 5.69 Å². The molecule has 0 atom stereocenters. The van der Waals surface area contributed by atoms with Gasteiger partial charge in [-0.15, -0.1) is 0 Å². The first-order valence-electron chi connectivity index (χ1n) is 4.54. The van der Waals surface area contributed by atoms with Gasteiger partial charge in [0, 0.05) is 12.6 Å². The van der Waals surface area contributed by atoms with Crippen LogP contribution in [0.1, 0.15) is 10.4 Å². The Labute approximate surface area is 88.7 Å². The van der Waals surface area contributed by atoms with Gasteiger partial charge in [0.15, 0.2) is 0 Å². The second kappa shape index (κ2) is 5.05. The summed E-state index contributed by atoms with van der Waals surface area (Å²) in [4.78, 5) is 11.3. The van der Waals surface area contributed by atoms with Crippen molar-refractivity contribution in [1.82, 2.24) is 5.32 Å². The number of nitrogen functional groups attached to an aromatic ring is 1. The molecular formula is C11H14N2O2. The summed E-state index contributed by atoms with van der Waals surface area (Å²) in [5, 5.41) is 2.52. The normalized spacial score (nSPS) is 9.40. The maximum absolute atomic E-state index is 11.3. The number of ether oxygens (including phenoxy) is 1. The fraction of sp³-hybridized carbons (Fsp3) is 0.182. The number of rotatable bonds is 4. The van der Waals surface area contributed by atoms with Crippen LogP contribution in [-0.4, -0.2) is 19.6 Å². The second-order valence-corrected chi connectivity index (χ2v) is 2.93. The summed E-state index contributed by atoms with van der Waals surface area (Å²) in [6.45, 7) is 3.93. The number of hydrogen-bond acceptors (Lipinski definition) is 3. The van der Waals surface area contributed by atoms with E-state index >= 15 is 0 Å². The summed E-state index contributed by atoms with van der Waals surface area (Å²) in [6.07, 6.45) is 1.63. The molecule has 0 radical (unpaired) electrons. The molecule has 0 aliphatic rings. The van der Waals surface area contributed by atoms with E-state index in [0.717, 1.165) is 0 Å². The molecule has 1 amide bonds. The Morgan fingerprint density at radius 3 is 2.93 bits per heavy atom. The number of anilines is 1. The number of hydrogen-bond donors (Lipinski definition) is 2. The smallest absolute Gasteiger partial charge is 0.251 e. The Morgan fingerprint density at radius 2 is 2.40 bits per heavy atom. The van der Waals surface area contributed by atoms with Crippen molar-refractivity contribution in [2.75, 3.05) is 19.4 Å². The van der Waals surface area contributed by atoms with E-state index in [2.05, 4.69) is 11.9 Å². The molecule has 0 unspecified atom stereocenters. The van der Waals surface area contributed by atoms with Crippen LogP contribution in [0.15, 0.2) is 30.9 Å². The molecule has 3 N–H and O–H groups in total. The molecule has 0 aliphatic carbocycles. The molecule has 15 heavy (non-hydrogen) atoms. The highest BCUT2D eigenvalue weighted by Gasteiger charge is 2.06. The number of carbonyl (C=O) groups excluding carboxylic acids is 1. The van der Waals surface area contributed by atoms with Crippen molar-refractivity contribution in [2.45, 2.75) is 0 Å². The third kappa shape index (κ3) is 2.74. The molecule has 0 fully saturated rings. The number of amides is 1. The molecule has 0 aromatic heterocycles. The fourth-order valence-electron chi connectivity index (χ4n) is 1.11. The highest BCUT2D eigenvalue weighted by atomic mass is 16.5. The predicted molar refractivity (Wildman–Crippen MR) is 59.9 cm³/mol. The lowest BCUT2D eigenvalue weighted by atomic mass is 10.2. The lowest BCUT2D eigenvalue weighted by molar-refractivity contribution is 0.0963. The topological polar surface area (TPSA) is 64.3 Å². The van der Waals surface area contributed by atoms with Crippen LogP contribution >= 0.6 is 0 Å². The van der Waals surface area contributed by atoms with Gasteiger partial charge in [-0.05, 0) is 18.2 Å². The van der Waals surface area contributed by atoms with Crippen molar-refractivity contribution in [3.63, 3.8) is 0 Å². The maximum atomic E-state index is 11.3. The van der Waals surface area contributed by atoms with E-state index in [9.17, 15) is 4.79 Å². The van der Waals surface area contributed by atoms with Crippen LogP contribution in [-0.2, 0) is 0 Å². The predicted octanol–water partition coefficient (Wildman–Crippen LogP) is 1.19. The summed E-state index contributed by atoms with van der Waals surface area (Å²) < 4.78 is 5.28. The molecule has 0 aliphatic heterocycles. The van der Waals surface area contributed by atoms with Gasteiger partial charge in [-0.25, -0.2) is 0 Å². The first-order valence-corrected chi connectivity index (χ1v) is 4.54.